The largest absolute Gasteiger partial charge is 0.396 e. The van der Waals surface area contributed by atoms with Crippen molar-refractivity contribution in [2.45, 2.75) is 44.6 Å². The molecule has 21 heavy (non-hydrogen) atoms. The minimum absolute atomic E-state index is 0.0309. The summed E-state index contributed by atoms with van der Waals surface area (Å²) in [4.78, 5) is 0.345. The van der Waals surface area contributed by atoms with Crippen LogP contribution in [-0.4, -0.2) is 37.0 Å². The normalized spacial score (nSPS) is 27.7. The summed E-state index contributed by atoms with van der Waals surface area (Å²) in [6, 6.07) is 6.90. The van der Waals surface area contributed by atoms with Crippen LogP contribution in [0.15, 0.2) is 29.2 Å². The Bertz CT molecular complexity index is 568. The average Bonchev–Trinajstić information content (AvgIpc) is 2.43. The third-order valence-electron chi connectivity index (χ3n) is 4.47. The highest BCUT2D eigenvalue weighted by atomic mass is 32.2. The molecule has 1 aliphatic rings. The van der Waals surface area contributed by atoms with Gasteiger partial charge in [0.15, 0.2) is 0 Å². The first-order valence-electron chi connectivity index (χ1n) is 7.58. The highest BCUT2D eigenvalue weighted by molar-refractivity contribution is 7.89. The van der Waals surface area contributed by atoms with Gasteiger partial charge < -0.3 is 5.11 Å². The van der Waals surface area contributed by atoms with Gasteiger partial charge in [-0.3, -0.25) is 0 Å². The van der Waals surface area contributed by atoms with E-state index in [2.05, 4.69) is 13.8 Å². The van der Waals surface area contributed by atoms with Gasteiger partial charge in [0, 0.05) is 19.2 Å². The fraction of sp³-hybridized carbons (Fsp3) is 0.625. The minimum Gasteiger partial charge on any atom is -0.396 e. The Morgan fingerprint density at radius 3 is 2.38 bits per heavy atom. The van der Waals surface area contributed by atoms with Gasteiger partial charge in [-0.2, -0.15) is 4.31 Å². The Labute approximate surface area is 127 Å². The molecule has 0 spiro atoms. The quantitative estimate of drug-likeness (QED) is 0.928. The molecule has 0 radical (unpaired) electrons. The summed E-state index contributed by atoms with van der Waals surface area (Å²) >= 11 is 0. The van der Waals surface area contributed by atoms with Crippen LogP contribution in [0, 0.1) is 11.8 Å². The zero-order valence-electron chi connectivity index (χ0n) is 13.0. The molecular weight excluding hydrogens is 286 g/mol. The number of sulfonamides is 1. The number of aliphatic hydroxyl groups excluding tert-OH is 1. The maximum absolute atomic E-state index is 12.8. The molecule has 1 aromatic carbocycles. The Morgan fingerprint density at radius 1 is 1.19 bits per heavy atom. The molecule has 1 saturated heterocycles. The fourth-order valence-corrected chi connectivity index (χ4v) is 4.92. The third-order valence-corrected chi connectivity index (χ3v) is 6.44. The van der Waals surface area contributed by atoms with Crippen molar-refractivity contribution >= 4 is 10.0 Å². The van der Waals surface area contributed by atoms with Crippen LogP contribution in [0.2, 0.25) is 0 Å². The molecule has 0 amide bonds. The molecule has 3 atom stereocenters. The zero-order valence-corrected chi connectivity index (χ0v) is 13.8. The van der Waals surface area contributed by atoms with Crippen molar-refractivity contribution in [3.63, 3.8) is 0 Å². The van der Waals surface area contributed by atoms with Crippen LogP contribution in [0.3, 0.4) is 0 Å². The van der Waals surface area contributed by atoms with Crippen molar-refractivity contribution in [2.24, 2.45) is 11.8 Å². The van der Waals surface area contributed by atoms with Crippen molar-refractivity contribution in [3.05, 3.63) is 29.8 Å². The lowest BCUT2D eigenvalue weighted by Crippen LogP contribution is -2.48. The van der Waals surface area contributed by atoms with Gasteiger partial charge in [-0.15, -0.1) is 0 Å². The molecule has 1 N–H and O–H groups in total. The van der Waals surface area contributed by atoms with Crippen molar-refractivity contribution in [3.8, 4) is 0 Å². The molecule has 118 valence electrons. The van der Waals surface area contributed by atoms with Gasteiger partial charge in [0.1, 0.15) is 0 Å². The highest BCUT2D eigenvalue weighted by Crippen LogP contribution is 2.31. The van der Waals surface area contributed by atoms with E-state index in [0.717, 1.165) is 12.0 Å². The van der Waals surface area contributed by atoms with E-state index in [-0.39, 0.29) is 12.6 Å². The number of benzene rings is 1. The van der Waals surface area contributed by atoms with Gasteiger partial charge in [-0.25, -0.2) is 8.42 Å². The Kier molecular flexibility index (Phi) is 5.07. The zero-order chi connectivity index (χ0) is 15.6. The maximum Gasteiger partial charge on any atom is 0.243 e. The van der Waals surface area contributed by atoms with Gasteiger partial charge in [-0.1, -0.05) is 26.0 Å². The minimum atomic E-state index is -3.44. The summed E-state index contributed by atoms with van der Waals surface area (Å²) in [6.45, 7) is 6.88. The average molecular weight is 311 g/mol. The lowest BCUT2D eigenvalue weighted by molar-refractivity contribution is 0.157. The van der Waals surface area contributed by atoms with Crippen molar-refractivity contribution in [1.29, 1.82) is 0 Å². The summed E-state index contributed by atoms with van der Waals surface area (Å²) in [5.74, 6) is 0.761. The Hall–Kier alpha value is -0.910. The van der Waals surface area contributed by atoms with Gasteiger partial charge in [0.2, 0.25) is 10.0 Å². The van der Waals surface area contributed by atoms with Crippen molar-refractivity contribution in [1.82, 2.24) is 4.31 Å². The summed E-state index contributed by atoms with van der Waals surface area (Å²) in [7, 11) is -3.44. The van der Waals surface area contributed by atoms with Crippen molar-refractivity contribution < 1.29 is 13.5 Å². The molecule has 4 nitrogen and oxygen atoms in total. The molecule has 1 fully saturated rings. The van der Waals surface area contributed by atoms with Crippen LogP contribution in [0.1, 0.15) is 32.8 Å². The van der Waals surface area contributed by atoms with Crippen LogP contribution in [0.4, 0.5) is 0 Å². The molecule has 1 aliphatic heterocycles. The molecule has 0 saturated carbocycles. The standard InChI is InChI=1S/C16H25NO3S/c1-12-10-13(2)14(3)17(11-12)21(19,20)16-6-4-15(5-7-16)8-9-18/h4-7,12-14,18H,8-11H2,1-3H3. The second-order valence-electron chi connectivity index (χ2n) is 6.25. The predicted molar refractivity (Wildman–Crippen MR) is 83.5 cm³/mol. The molecule has 0 bridgehead atoms. The first-order valence-corrected chi connectivity index (χ1v) is 9.02. The van der Waals surface area contributed by atoms with Crippen LogP contribution in [0.5, 0.6) is 0 Å². The second kappa shape index (κ2) is 6.46. The van der Waals surface area contributed by atoms with Crippen LogP contribution >= 0.6 is 0 Å². The monoisotopic (exact) mass is 311 g/mol. The molecule has 3 unspecified atom stereocenters. The highest BCUT2D eigenvalue weighted by Gasteiger charge is 2.37. The first kappa shape index (κ1) is 16.5. The van der Waals surface area contributed by atoms with E-state index in [1.807, 2.05) is 6.92 Å². The topological polar surface area (TPSA) is 57.6 Å². The number of nitrogens with zero attached hydrogens (tertiary/aromatic N) is 1. The number of hydrogen-bond acceptors (Lipinski definition) is 3. The molecule has 1 aromatic rings. The van der Waals surface area contributed by atoms with Crippen LogP contribution in [0.25, 0.3) is 0 Å². The van der Waals surface area contributed by atoms with Crippen LogP contribution < -0.4 is 0 Å². The van der Waals surface area contributed by atoms with E-state index >= 15 is 0 Å². The molecular formula is C16H25NO3S. The molecule has 5 heteroatoms. The lowest BCUT2D eigenvalue weighted by atomic mass is 9.88. The SMILES string of the molecule is CC1CC(C)C(C)N(S(=O)(=O)c2ccc(CCO)cc2)C1. The van der Waals surface area contributed by atoms with Crippen LogP contribution in [-0.2, 0) is 16.4 Å². The number of aliphatic hydroxyl groups is 1. The summed E-state index contributed by atoms with van der Waals surface area (Å²) < 4.78 is 27.3. The number of piperidine rings is 1. The molecule has 0 aliphatic carbocycles. The molecule has 0 aromatic heterocycles. The van der Waals surface area contributed by atoms with Gasteiger partial charge in [0.25, 0.3) is 0 Å². The molecule has 1 heterocycles. The first-order chi connectivity index (χ1) is 9.86. The van der Waals surface area contributed by atoms with E-state index in [4.69, 9.17) is 5.11 Å². The smallest absolute Gasteiger partial charge is 0.243 e. The number of rotatable bonds is 4. The van der Waals surface area contributed by atoms with E-state index in [9.17, 15) is 8.42 Å². The van der Waals surface area contributed by atoms with Gasteiger partial charge in [0.05, 0.1) is 4.90 Å². The fourth-order valence-electron chi connectivity index (χ4n) is 3.07. The summed E-state index contributed by atoms with van der Waals surface area (Å²) in [6.07, 6.45) is 1.62. The Morgan fingerprint density at radius 2 is 1.81 bits per heavy atom. The summed E-state index contributed by atoms with van der Waals surface area (Å²) in [5.41, 5.74) is 0.949. The predicted octanol–water partition coefficient (Wildman–Crippen LogP) is 2.28. The maximum atomic E-state index is 12.8. The molecule has 2 rings (SSSR count). The second-order valence-corrected chi connectivity index (χ2v) is 8.14. The lowest BCUT2D eigenvalue weighted by Gasteiger charge is -2.40. The van der Waals surface area contributed by atoms with Gasteiger partial charge >= 0.3 is 0 Å². The van der Waals surface area contributed by atoms with E-state index in [0.29, 0.717) is 29.7 Å². The Balaban J connectivity index is 2.28. The number of hydrogen-bond donors (Lipinski definition) is 1. The summed E-state index contributed by atoms with van der Waals surface area (Å²) in [5, 5.41) is 8.92. The van der Waals surface area contributed by atoms with E-state index in [1.165, 1.54) is 0 Å². The van der Waals surface area contributed by atoms with E-state index < -0.39 is 10.0 Å². The third kappa shape index (κ3) is 3.47. The van der Waals surface area contributed by atoms with Crippen molar-refractivity contribution in [2.75, 3.05) is 13.2 Å². The van der Waals surface area contributed by atoms with Gasteiger partial charge in [-0.05, 0) is 49.3 Å². The van der Waals surface area contributed by atoms with E-state index in [1.54, 1.807) is 28.6 Å².